The molecule has 0 radical (unpaired) electrons. The predicted octanol–water partition coefficient (Wildman–Crippen LogP) is 4.24. The lowest BCUT2D eigenvalue weighted by atomic mass is 10.1. The molecule has 118 valence electrons. The van der Waals surface area contributed by atoms with Crippen molar-refractivity contribution < 1.29 is 4.74 Å². The molecule has 6 heteroatoms. The van der Waals surface area contributed by atoms with Gasteiger partial charge in [-0.3, -0.25) is 0 Å². The quantitative estimate of drug-likeness (QED) is 0.662. The Morgan fingerprint density at radius 3 is 2.74 bits per heavy atom. The van der Waals surface area contributed by atoms with Crippen LogP contribution in [0.5, 0.6) is 5.88 Å². The standard InChI is InChI=1S/C17H17N3OS2/c1-2-4-14(5-3-1)23-20-9-6-13(7-10-20)21-17-16-15(8-11-22-16)18-12-19-17/h1-5,8,11-13H,6-7,9-10H2. The van der Waals surface area contributed by atoms with Crippen LogP contribution in [0.15, 0.2) is 53.0 Å². The van der Waals surface area contributed by atoms with Crippen molar-refractivity contribution in [2.45, 2.75) is 23.8 Å². The van der Waals surface area contributed by atoms with Gasteiger partial charge in [-0.2, -0.15) is 0 Å². The van der Waals surface area contributed by atoms with Gasteiger partial charge in [0.25, 0.3) is 0 Å². The number of nitrogens with zero attached hydrogens (tertiary/aromatic N) is 3. The van der Waals surface area contributed by atoms with Crippen molar-refractivity contribution in [2.75, 3.05) is 13.1 Å². The van der Waals surface area contributed by atoms with Crippen LogP contribution in [-0.4, -0.2) is 33.5 Å². The van der Waals surface area contributed by atoms with Crippen molar-refractivity contribution in [3.05, 3.63) is 48.1 Å². The molecule has 1 saturated heterocycles. The summed E-state index contributed by atoms with van der Waals surface area (Å²) in [4.78, 5) is 9.87. The fourth-order valence-electron chi connectivity index (χ4n) is 2.68. The Morgan fingerprint density at radius 1 is 1.09 bits per heavy atom. The third-order valence-electron chi connectivity index (χ3n) is 3.87. The summed E-state index contributed by atoms with van der Waals surface area (Å²) in [5.41, 5.74) is 0.970. The van der Waals surface area contributed by atoms with Crippen molar-refractivity contribution in [1.82, 2.24) is 14.3 Å². The molecule has 0 aliphatic carbocycles. The monoisotopic (exact) mass is 343 g/mol. The van der Waals surface area contributed by atoms with E-state index in [1.807, 2.05) is 23.4 Å². The van der Waals surface area contributed by atoms with Gasteiger partial charge in [-0.15, -0.1) is 11.3 Å². The molecule has 0 bridgehead atoms. The molecule has 3 heterocycles. The first-order chi connectivity index (χ1) is 11.4. The third kappa shape index (κ3) is 3.49. The minimum Gasteiger partial charge on any atom is -0.473 e. The molecule has 0 spiro atoms. The van der Waals surface area contributed by atoms with E-state index in [0.717, 1.165) is 42.0 Å². The normalized spacial score (nSPS) is 16.7. The van der Waals surface area contributed by atoms with Crippen LogP contribution in [0.3, 0.4) is 0 Å². The van der Waals surface area contributed by atoms with E-state index in [2.05, 4.69) is 44.6 Å². The van der Waals surface area contributed by atoms with E-state index in [-0.39, 0.29) is 6.10 Å². The molecule has 0 unspecified atom stereocenters. The molecule has 23 heavy (non-hydrogen) atoms. The van der Waals surface area contributed by atoms with Gasteiger partial charge in [-0.05, 0) is 48.4 Å². The zero-order valence-electron chi connectivity index (χ0n) is 12.6. The smallest absolute Gasteiger partial charge is 0.235 e. The first kappa shape index (κ1) is 14.9. The van der Waals surface area contributed by atoms with Crippen LogP contribution < -0.4 is 4.74 Å². The van der Waals surface area contributed by atoms with Gasteiger partial charge in [0.15, 0.2) is 0 Å². The molecular weight excluding hydrogens is 326 g/mol. The zero-order chi connectivity index (χ0) is 15.5. The first-order valence-corrected chi connectivity index (χ1v) is 9.36. The predicted molar refractivity (Wildman–Crippen MR) is 94.9 cm³/mol. The molecule has 0 amide bonds. The van der Waals surface area contributed by atoms with E-state index in [0.29, 0.717) is 0 Å². The van der Waals surface area contributed by atoms with Crippen molar-refractivity contribution in [3.8, 4) is 5.88 Å². The fraction of sp³-hybridized carbons (Fsp3) is 0.294. The van der Waals surface area contributed by atoms with E-state index in [4.69, 9.17) is 4.74 Å². The molecule has 0 N–H and O–H groups in total. The van der Waals surface area contributed by atoms with E-state index in [1.54, 1.807) is 17.7 Å². The average Bonchev–Trinajstić information content (AvgIpc) is 3.07. The van der Waals surface area contributed by atoms with Crippen LogP contribution in [-0.2, 0) is 0 Å². The topological polar surface area (TPSA) is 38.2 Å². The molecule has 1 fully saturated rings. The highest BCUT2D eigenvalue weighted by Gasteiger charge is 2.22. The van der Waals surface area contributed by atoms with Crippen molar-refractivity contribution in [2.24, 2.45) is 0 Å². The van der Waals surface area contributed by atoms with Gasteiger partial charge in [0.1, 0.15) is 17.1 Å². The largest absolute Gasteiger partial charge is 0.473 e. The lowest BCUT2D eigenvalue weighted by Gasteiger charge is -2.30. The minimum absolute atomic E-state index is 0.239. The van der Waals surface area contributed by atoms with Gasteiger partial charge in [-0.25, -0.2) is 14.3 Å². The molecule has 1 aliphatic heterocycles. The van der Waals surface area contributed by atoms with E-state index in [9.17, 15) is 0 Å². The summed E-state index contributed by atoms with van der Waals surface area (Å²) >= 11 is 3.47. The first-order valence-electron chi connectivity index (χ1n) is 7.71. The van der Waals surface area contributed by atoms with Gasteiger partial charge in [0, 0.05) is 18.0 Å². The highest BCUT2D eigenvalue weighted by atomic mass is 32.2. The number of hydrogen-bond acceptors (Lipinski definition) is 6. The average molecular weight is 343 g/mol. The van der Waals surface area contributed by atoms with Gasteiger partial charge in [0.2, 0.25) is 5.88 Å². The Balaban J connectivity index is 1.36. The number of hydrogen-bond donors (Lipinski definition) is 0. The third-order valence-corrected chi connectivity index (χ3v) is 5.87. The minimum atomic E-state index is 0.239. The summed E-state index contributed by atoms with van der Waals surface area (Å²) in [5.74, 6) is 0.735. The second kappa shape index (κ2) is 6.86. The Morgan fingerprint density at radius 2 is 1.91 bits per heavy atom. The van der Waals surface area contributed by atoms with Crippen LogP contribution in [0.1, 0.15) is 12.8 Å². The van der Waals surface area contributed by atoms with E-state index >= 15 is 0 Å². The number of rotatable bonds is 4. The highest BCUT2D eigenvalue weighted by Crippen LogP contribution is 2.31. The molecule has 0 atom stereocenters. The molecule has 1 aliphatic rings. The van der Waals surface area contributed by atoms with Crippen LogP contribution >= 0.6 is 23.3 Å². The summed E-state index contributed by atoms with van der Waals surface area (Å²) < 4.78 is 9.61. The number of thiophene rings is 1. The van der Waals surface area contributed by atoms with Crippen LogP contribution in [0.25, 0.3) is 10.2 Å². The number of aromatic nitrogens is 2. The Hall–Kier alpha value is -1.63. The maximum absolute atomic E-state index is 6.15. The zero-order valence-corrected chi connectivity index (χ0v) is 14.2. The summed E-state index contributed by atoms with van der Waals surface area (Å²) in [7, 11) is 0. The summed E-state index contributed by atoms with van der Waals surface area (Å²) in [6.07, 6.45) is 3.88. The van der Waals surface area contributed by atoms with Crippen LogP contribution in [0.2, 0.25) is 0 Å². The Kier molecular flexibility index (Phi) is 4.46. The van der Waals surface area contributed by atoms with Crippen LogP contribution in [0, 0.1) is 0 Å². The molecule has 0 saturated carbocycles. The van der Waals surface area contributed by atoms with E-state index < -0.39 is 0 Å². The van der Waals surface area contributed by atoms with Gasteiger partial charge in [-0.1, -0.05) is 18.2 Å². The Labute approximate surface area is 143 Å². The summed E-state index contributed by atoms with van der Waals surface area (Å²) in [5, 5.41) is 2.03. The highest BCUT2D eigenvalue weighted by molar-refractivity contribution is 7.97. The molecule has 4 rings (SSSR count). The molecule has 2 aromatic heterocycles. The van der Waals surface area contributed by atoms with Gasteiger partial charge < -0.3 is 4.74 Å². The van der Waals surface area contributed by atoms with Crippen molar-refractivity contribution in [3.63, 3.8) is 0 Å². The van der Waals surface area contributed by atoms with Crippen molar-refractivity contribution >= 4 is 33.5 Å². The number of benzene rings is 1. The lowest BCUT2D eigenvalue weighted by molar-refractivity contribution is 0.135. The van der Waals surface area contributed by atoms with Crippen molar-refractivity contribution in [1.29, 1.82) is 0 Å². The summed E-state index contributed by atoms with van der Waals surface area (Å²) in [6, 6.07) is 12.5. The van der Waals surface area contributed by atoms with Crippen LogP contribution in [0.4, 0.5) is 0 Å². The maximum atomic E-state index is 6.15. The SMILES string of the molecule is c1ccc(SN2CCC(Oc3ncnc4ccsc34)CC2)cc1. The molecular formula is C17H17N3OS2. The Bertz CT molecular complexity index is 770. The molecule has 1 aromatic carbocycles. The lowest BCUT2D eigenvalue weighted by Crippen LogP contribution is -2.34. The number of piperidine rings is 1. The van der Waals surface area contributed by atoms with Gasteiger partial charge in [0.05, 0.1) is 5.52 Å². The second-order valence-corrected chi connectivity index (χ2v) is 7.55. The molecule has 4 nitrogen and oxygen atoms in total. The summed E-state index contributed by atoms with van der Waals surface area (Å²) in [6.45, 7) is 2.06. The fourth-order valence-corrected chi connectivity index (χ4v) is 4.43. The maximum Gasteiger partial charge on any atom is 0.235 e. The second-order valence-electron chi connectivity index (χ2n) is 5.46. The number of fused-ring (bicyclic) bond motifs is 1. The van der Waals surface area contributed by atoms with E-state index in [1.165, 1.54) is 4.90 Å². The number of ether oxygens (including phenoxy) is 1. The van der Waals surface area contributed by atoms with Gasteiger partial charge >= 0.3 is 0 Å². The molecule has 3 aromatic rings.